The van der Waals surface area contributed by atoms with Gasteiger partial charge in [0.25, 0.3) is 11.5 Å². The molecule has 1 aliphatic heterocycles. The maximum atomic E-state index is 12.6. The number of rotatable bonds is 4. The number of aryl methyl sites for hydroxylation is 1. The summed E-state index contributed by atoms with van der Waals surface area (Å²) in [5.74, 6) is 0.349. The summed E-state index contributed by atoms with van der Waals surface area (Å²) >= 11 is 0. The van der Waals surface area contributed by atoms with Crippen LogP contribution in [0.3, 0.4) is 0 Å². The Morgan fingerprint density at radius 1 is 1.38 bits per heavy atom. The number of likely N-dealkylation sites (N-methyl/N-ethyl adjacent to an activating group) is 1. The number of carbonyl (C=O) groups excluding carboxylic acids is 1. The average molecular weight is 292 g/mol. The van der Waals surface area contributed by atoms with Crippen LogP contribution in [0.2, 0.25) is 0 Å². The largest absolute Gasteiger partial charge is 0.335 e. The van der Waals surface area contributed by atoms with Crippen molar-refractivity contribution in [1.29, 1.82) is 0 Å². The van der Waals surface area contributed by atoms with Gasteiger partial charge in [0.05, 0.1) is 0 Å². The molecule has 21 heavy (non-hydrogen) atoms. The highest BCUT2D eigenvalue weighted by Crippen LogP contribution is 2.21. The second kappa shape index (κ2) is 6.39. The van der Waals surface area contributed by atoms with E-state index in [1.807, 2.05) is 25.9 Å². The van der Waals surface area contributed by atoms with E-state index >= 15 is 0 Å². The molecule has 1 aromatic rings. The van der Waals surface area contributed by atoms with Crippen molar-refractivity contribution in [2.45, 2.75) is 32.9 Å². The number of aromatic nitrogens is 2. The molecule has 1 amide bonds. The lowest BCUT2D eigenvalue weighted by Crippen LogP contribution is -2.36. The van der Waals surface area contributed by atoms with Gasteiger partial charge >= 0.3 is 0 Å². The van der Waals surface area contributed by atoms with E-state index in [2.05, 4.69) is 16.9 Å². The molecule has 2 heterocycles. The predicted octanol–water partition coefficient (Wildman–Crippen LogP) is 0.675. The second-order valence-corrected chi connectivity index (χ2v) is 6.00. The van der Waals surface area contributed by atoms with Crippen LogP contribution >= 0.6 is 0 Å². The lowest BCUT2D eigenvalue weighted by molar-refractivity contribution is 0.0772. The Morgan fingerprint density at radius 2 is 2.10 bits per heavy atom. The van der Waals surface area contributed by atoms with E-state index in [1.54, 1.807) is 0 Å². The monoisotopic (exact) mass is 292 g/mol. The van der Waals surface area contributed by atoms with Crippen LogP contribution in [0.15, 0.2) is 16.9 Å². The third-order valence-electron chi connectivity index (χ3n) is 4.04. The maximum absolute atomic E-state index is 12.6. The second-order valence-electron chi connectivity index (χ2n) is 6.00. The van der Waals surface area contributed by atoms with Gasteiger partial charge in [0.15, 0.2) is 0 Å². The van der Waals surface area contributed by atoms with E-state index < -0.39 is 0 Å². The van der Waals surface area contributed by atoms with Crippen LogP contribution in [-0.2, 0) is 6.54 Å². The normalized spacial score (nSPS) is 22.0. The third kappa shape index (κ3) is 3.32. The van der Waals surface area contributed by atoms with Gasteiger partial charge in [0.2, 0.25) is 0 Å². The molecular formula is C15H24N4O2. The first-order valence-corrected chi connectivity index (χ1v) is 7.48. The first-order chi connectivity index (χ1) is 9.93. The minimum Gasteiger partial charge on any atom is -0.335 e. The van der Waals surface area contributed by atoms with Crippen molar-refractivity contribution in [2.24, 2.45) is 5.92 Å². The Balaban J connectivity index is 2.17. The highest BCUT2D eigenvalue weighted by Gasteiger charge is 2.34. The van der Waals surface area contributed by atoms with Crippen molar-refractivity contribution in [3.8, 4) is 0 Å². The van der Waals surface area contributed by atoms with Crippen LogP contribution in [-0.4, -0.2) is 58.7 Å². The molecule has 1 aromatic heterocycles. The van der Waals surface area contributed by atoms with Gasteiger partial charge in [-0.15, -0.1) is 0 Å². The topological polar surface area (TPSA) is 58.4 Å². The van der Waals surface area contributed by atoms with Crippen LogP contribution in [0.4, 0.5) is 0 Å². The summed E-state index contributed by atoms with van der Waals surface area (Å²) in [4.78, 5) is 28.2. The Morgan fingerprint density at radius 3 is 2.67 bits per heavy atom. The van der Waals surface area contributed by atoms with Crippen molar-refractivity contribution in [1.82, 2.24) is 19.6 Å². The van der Waals surface area contributed by atoms with Crippen LogP contribution in [0, 0.1) is 5.92 Å². The molecule has 2 atom stereocenters. The summed E-state index contributed by atoms with van der Waals surface area (Å²) in [7, 11) is 4.07. The maximum Gasteiger partial charge on any atom is 0.274 e. The highest BCUT2D eigenvalue weighted by molar-refractivity contribution is 5.92. The first-order valence-electron chi connectivity index (χ1n) is 7.48. The summed E-state index contributed by atoms with van der Waals surface area (Å²) in [6.45, 7) is 6.12. The van der Waals surface area contributed by atoms with Crippen molar-refractivity contribution < 1.29 is 4.79 Å². The van der Waals surface area contributed by atoms with E-state index in [-0.39, 0.29) is 11.5 Å². The Hall–Kier alpha value is -1.69. The number of likely N-dealkylation sites (tertiary alicyclic amines) is 1. The van der Waals surface area contributed by atoms with Gasteiger partial charge in [-0.1, -0.05) is 13.8 Å². The molecule has 6 nitrogen and oxygen atoms in total. The number of amides is 1. The molecule has 2 rings (SSSR count). The molecule has 6 heteroatoms. The molecule has 1 aliphatic rings. The van der Waals surface area contributed by atoms with E-state index in [0.717, 1.165) is 13.0 Å². The first kappa shape index (κ1) is 15.7. The lowest BCUT2D eigenvalue weighted by atomic mass is 10.1. The average Bonchev–Trinajstić information content (AvgIpc) is 2.83. The SMILES string of the molecule is CCCn1nc(C(=O)N2C[C@@H](C)[C@H](N(C)C)C2)ccc1=O. The summed E-state index contributed by atoms with van der Waals surface area (Å²) < 4.78 is 1.37. The number of carbonyl (C=O) groups is 1. The van der Waals surface area contributed by atoms with Crippen molar-refractivity contribution in [2.75, 3.05) is 27.2 Å². The number of nitrogens with zero attached hydrogens (tertiary/aromatic N) is 4. The molecule has 0 spiro atoms. The van der Waals surface area contributed by atoms with Crippen LogP contribution in [0.1, 0.15) is 30.8 Å². The van der Waals surface area contributed by atoms with Gasteiger partial charge in [-0.05, 0) is 32.5 Å². The molecular weight excluding hydrogens is 268 g/mol. The summed E-state index contributed by atoms with van der Waals surface area (Å²) in [5.41, 5.74) is 0.198. The zero-order chi connectivity index (χ0) is 15.6. The molecule has 1 saturated heterocycles. The Labute approximate surface area is 125 Å². The summed E-state index contributed by atoms with van der Waals surface area (Å²) in [6.07, 6.45) is 0.813. The molecule has 0 radical (unpaired) electrons. The minimum atomic E-state index is -0.158. The quantitative estimate of drug-likeness (QED) is 0.818. The zero-order valence-corrected chi connectivity index (χ0v) is 13.2. The Bertz CT molecular complexity index is 567. The molecule has 0 aliphatic carbocycles. The zero-order valence-electron chi connectivity index (χ0n) is 13.2. The number of hydrogen-bond donors (Lipinski definition) is 0. The molecule has 0 bridgehead atoms. The van der Waals surface area contributed by atoms with Crippen molar-refractivity contribution >= 4 is 5.91 Å². The van der Waals surface area contributed by atoms with Crippen molar-refractivity contribution in [3.63, 3.8) is 0 Å². The summed E-state index contributed by atoms with van der Waals surface area (Å²) in [6, 6.07) is 3.33. The van der Waals surface area contributed by atoms with Crippen LogP contribution in [0.25, 0.3) is 0 Å². The van der Waals surface area contributed by atoms with Crippen LogP contribution < -0.4 is 5.56 Å². The van der Waals surface area contributed by atoms with Gasteiger partial charge in [0.1, 0.15) is 5.69 Å². The van der Waals surface area contributed by atoms with Gasteiger partial charge < -0.3 is 9.80 Å². The van der Waals surface area contributed by atoms with Gasteiger partial charge in [-0.3, -0.25) is 9.59 Å². The van der Waals surface area contributed by atoms with Gasteiger partial charge in [-0.25, -0.2) is 4.68 Å². The van der Waals surface area contributed by atoms with E-state index in [9.17, 15) is 9.59 Å². The fraction of sp³-hybridized carbons (Fsp3) is 0.667. The third-order valence-corrected chi connectivity index (χ3v) is 4.04. The fourth-order valence-electron chi connectivity index (χ4n) is 2.88. The van der Waals surface area contributed by atoms with Crippen molar-refractivity contribution in [3.05, 3.63) is 28.2 Å². The molecule has 0 unspecified atom stereocenters. The molecule has 116 valence electrons. The molecule has 0 N–H and O–H groups in total. The Kier molecular flexibility index (Phi) is 4.77. The molecule has 0 aromatic carbocycles. The fourth-order valence-corrected chi connectivity index (χ4v) is 2.88. The van der Waals surface area contributed by atoms with Gasteiger partial charge in [0, 0.05) is 31.7 Å². The predicted molar refractivity (Wildman–Crippen MR) is 81.3 cm³/mol. The molecule has 1 fully saturated rings. The smallest absolute Gasteiger partial charge is 0.274 e. The van der Waals surface area contributed by atoms with E-state index in [1.165, 1.54) is 16.8 Å². The molecule has 0 saturated carbocycles. The standard InChI is InChI=1S/C15H24N4O2/c1-5-8-19-14(20)7-6-12(16-19)15(21)18-9-11(2)13(10-18)17(3)4/h6-7,11,13H,5,8-10H2,1-4H3/t11-,13-/m1/s1. The van der Waals surface area contributed by atoms with E-state index in [0.29, 0.717) is 30.7 Å². The highest BCUT2D eigenvalue weighted by atomic mass is 16.2. The lowest BCUT2D eigenvalue weighted by Gasteiger charge is -2.22. The van der Waals surface area contributed by atoms with Gasteiger partial charge in [-0.2, -0.15) is 5.10 Å². The number of hydrogen-bond acceptors (Lipinski definition) is 4. The van der Waals surface area contributed by atoms with E-state index in [4.69, 9.17) is 0 Å². The van der Waals surface area contributed by atoms with Crippen LogP contribution in [0.5, 0.6) is 0 Å². The summed E-state index contributed by atoms with van der Waals surface area (Å²) in [5, 5.41) is 4.20. The minimum absolute atomic E-state index is 0.0870.